The molecule has 0 fully saturated rings. The van der Waals surface area contributed by atoms with Crippen molar-refractivity contribution in [2.45, 2.75) is 0 Å². The molecule has 0 saturated heterocycles. The molecule has 2 N–H and O–H groups in total. The molecule has 0 aliphatic heterocycles. The topological polar surface area (TPSA) is 60.0 Å². The van der Waals surface area contributed by atoms with Crippen LogP contribution >= 0.6 is 0 Å². The minimum Gasteiger partial charge on any atom is -1.00 e. The monoisotopic (exact) mass is 66.0 g/mol. The van der Waals surface area contributed by atoms with Crippen LogP contribution in [0.15, 0.2) is 0 Å². The third-order valence-electron chi connectivity index (χ3n) is 0. The van der Waals surface area contributed by atoms with E-state index in [9.17, 15) is 0 Å². The van der Waals surface area contributed by atoms with E-state index in [4.69, 9.17) is 0 Å². The smallest absolute Gasteiger partial charge is 1.00 e. The van der Waals surface area contributed by atoms with Crippen molar-refractivity contribution in [3.05, 3.63) is 0 Å². The van der Waals surface area contributed by atoms with Crippen LogP contribution in [0.3, 0.4) is 0 Å². The molecule has 0 heterocycles. The van der Waals surface area contributed by atoms with E-state index < -0.39 is 0 Å². The van der Waals surface area contributed by atoms with Crippen LogP contribution in [-0.2, 0) is 0 Å². The summed E-state index contributed by atoms with van der Waals surface area (Å²) in [4.78, 5) is 0. The maximum absolute atomic E-state index is 0. The summed E-state index contributed by atoms with van der Waals surface area (Å²) >= 11 is 0. The van der Waals surface area contributed by atoms with E-state index in [0.717, 1.165) is 0 Å². The van der Waals surface area contributed by atoms with Gasteiger partial charge in [-0.3, -0.25) is 0 Å². The fourth-order valence-corrected chi connectivity index (χ4v) is 0. The van der Waals surface area contributed by atoms with E-state index in [0.29, 0.717) is 0 Å². The van der Waals surface area contributed by atoms with Gasteiger partial charge >= 0.3 is 41.9 Å². The van der Waals surface area contributed by atoms with E-state index in [2.05, 4.69) is 0 Å². The molecule has 0 aliphatic rings. The Morgan fingerprint density at radius 3 is 1.00 bits per heavy atom. The van der Waals surface area contributed by atoms with Crippen molar-refractivity contribution >= 4 is 23.1 Å². The van der Waals surface area contributed by atoms with Gasteiger partial charge in [-0.2, -0.15) is 0 Å². The summed E-state index contributed by atoms with van der Waals surface area (Å²) in [6, 6.07) is 0. The summed E-state index contributed by atoms with van der Waals surface area (Å²) in [6.07, 6.45) is 0. The zero-order valence-corrected chi connectivity index (χ0v) is 4.02. The molecule has 0 amide bonds. The van der Waals surface area contributed by atoms with Crippen molar-refractivity contribution in [1.82, 2.24) is 0 Å². The van der Waals surface area contributed by atoms with Gasteiger partial charge in [0.15, 0.2) is 0 Å². The molecule has 0 radical (unpaired) electrons. The van der Waals surface area contributed by atoms with E-state index >= 15 is 0 Å². The summed E-state index contributed by atoms with van der Waals surface area (Å²) in [5, 5.41) is 0. The predicted molar refractivity (Wildman–Crippen MR) is 10.7 cm³/mol. The average molecular weight is 66.3 g/mol. The predicted octanol–water partition coefficient (Wildman–Crippen LogP) is -3.62. The fraction of sp³-hybridized carbons (Fsp3) is 0. The van der Waals surface area contributed by atoms with E-state index in [1.54, 1.807) is 0 Å². The van der Waals surface area contributed by atoms with E-state index in [1.807, 2.05) is 0 Å². The SMILES string of the molecule is [H-].[Li+].[Mg+2].[OH-].[OH-]. The Morgan fingerprint density at radius 1 is 1.00 bits per heavy atom. The molecule has 4 heavy (non-hydrogen) atoms. The molecule has 4 heteroatoms. The molecule has 0 atom stereocenters. The van der Waals surface area contributed by atoms with Crippen LogP contribution in [0.4, 0.5) is 0 Å². The largest absolute Gasteiger partial charge is 2.00 e. The van der Waals surface area contributed by atoms with Crippen LogP contribution in [0, 0.1) is 0 Å². The van der Waals surface area contributed by atoms with Crippen molar-refractivity contribution in [1.29, 1.82) is 0 Å². The quantitative estimate of drug-likeness (QED) is 0.274. The van der Waals surface area contributed by atoms with Gasteiger partial charge in [0.05, 0.1) is 0 Å². The summed E-state index contributed by atoms with van der Waals surface area (Å²) in [7, 11) is 0. The average Bonchev–Trinajstić information content (AvgIpc) is 0. The first-order valence-electron chi connectivity index (χ1n) is 0. The fourth-order valence-electron chi connectivity index (χ4n) is 0. The third kappa shape index (κ3) is 10.4. The van der Waals surface area contributed by atoms with Crippen LogP contribution in [0.25, 0.3) is 0 Å². The Bertz CT molecular complexity index is 9.61. The third-order valence-corrected chi connectivity index (χ3v) is 0. The molecule has 0 aromatic heterocycles. The van der Waals surface area contributed by atoms with Crippen molar-refractivity contribution in [2.75, 3.05) is 0 Å². The molecule has 0 bridgehead atoms. The standard InChI is InChI=1S/Li.Mg.2H2O.H/h;;2*1H2;/q+1;+2;;;-1/p-2. The minimum atomic E-state index is 0. The molecule has 2 nitrogen and oxygen atoms in total. The van der Waals surface area contributed by atoms with Gasteiger partial charge in [0, 0.05) is 0 Å². The minimum absolute atomic E-state index is 0. The second-order valence-corrected chi connectivity index (χ2v) is 0. The first-order valence-corrected chi connectivity index (χ1v) is 0. The number of hydrogen-bond donors (Lipinski definition) is 0. The van der Waals surface area contributed by atoms with Crippen LogP contribution in [0.2, 0.25) is 0 Å². The molecule has 0 saturated carbocycles. The molecular formula is H3LiMgO2. The van der Waals surface area contributed by atoms with Crippen molar-refractivity contribution < 1.29 is 31.2 Å². The second kappa shape index (κ2) is 28.0. The van der Waals surface area contributed by atoms with Gasteiger partial charge in [-0.1, -0.05) is 0 Å². The number of hydrogen-bond acceptors (Lipinski definition) is 2. The normalized spacial score (nSPS) is 0. The van der Waals surface area contributed by atoms with Crippen LogP contribution in [-0.4, -0.2) is 34.0 Å². The Morgan fingerprint density at radius 2 is 1.00 bits per heavy atom. The molecule has 0 aromatic rings. The maximum Gasteiger partial charge on any atom is 2.00 e. The summed E-state index contributed by atoms with van der Waals surface area (Å²) in [6.45, 7) is 0. The van der Waals surface area contributed by atoms with Crippen molar-refractivity contribution in [3.63, 3.8) is 0 Å². The number of rotatable bonds is 0. The molecule has 0 rings (SSSR count). The molecule has 0 aliphatic carbocycles. The van der Waals surface area contributed by atoms with Gasteiger partial charge in [-0.25, -0.2) is 0 Å². The van der Waals surface area contributed by atoms with Gasteiger partial charge < -0.3 is 12.4 Å². The maximum atomic E-state index is 0. The van der Waals surface area contributed by atoms with Gasteiger partial charge in [-0.15, -0.1) is 0 Å². The summed E-state index contributed by atoms with van der Waals surface area (Å²) in [5.41, 5.74) is 0. The second-order valence-electron chi connectivity index (χ2n) is 0. The molecule has 0 spiro atoms. The van der Waals surface area contributed by atoms with E-state index in [1.165, 1.54) is 0 Å². The zero-order chi connectivity index (χ0) is 0. The Labute approximate surface area is 54.4 Å². The van der Waals surface area contributed by atoms with Gasteiger partial charge in [0.2, 0.25) is 0 Å². The van der Waals surface area contributed by atoms with Gasteiger partial charge in [-0.05, 0) is 0 Å². The van der Waals surface area contributed by atoms with Crippen LogP contribution in [0.1, 0.15) is 1.43 Å². The molecule has 0 aromatic carbocycles. The van der Waals surface area contributed by atoms with Crippen molar-refractivity contribution in [2.24, 2.45) is 0 Å². The molecule has 0 unspecified atom stereocenters. The first kappa shape index (κ1) is 58.8. The zero-order valence-electron chi connectivity index (χ0n) is 3.60. The summed E-state index contributed by atoms with van der Waals surface area (Å²) in [5.74, 6) is 0. The Kier molecular flexibility index (Phi) is 412. The van der Waals surface area contributed by atoms with E-state index in [-0.39, 0.29) is 54.3 Å². The van der Waals surface area contributed by atoms with Crippen LogP contribution in [0.5, 0.6) is 0 Å². The van der Waals surface area contributed by atoms with Gasteiger partial charge in [0.25, 0.3) is 0 Å². The van der Waals surface area contributed by atoms with Gasteiger partial charge in [0.1, 0.15) is 0 Å². The molecule has 18 valence electrons. The first-order chi connectivity index (χ1) is 0. The molecular weight excluding hydrogens is 63.2 g/mol. The van der Waals surface area contributed by atoms with Crippen molar-refractivity contribution in [3.8, 4) is 0 Å². The Hall–Kier alpha value is 1.28. The Balaban J connectivity index is 0. The summed E-state index contributed by atoms with van der Waals surface area (Å²) < 4.78 is 0. The van der Waals surface area contributed by atoms with Crippen LogP contribution < -0.4 is 18.9 Å².